The smallest absolute Gasteiger partial charge is 0.410 e. The number of aromatic nitrogens is 1. The SMILES string of the molecule is CCN1CC2(CCN(C(=O)c3csc(Cc4ccccc4)n3)CC2)OC1=O. The van der Waals surface area contributed by atoms with Crippen LogP contribution in [0.1, 0.15) is 40.8 Å². The molecule has 2 saturated heterocycles. The number of likely N-dealkylation sites (N-methyl/N-ethyl adjacent to an activating group) is 1. The van der Waals surface area contributed by atoms with Crippen molar-refractivity contribution in [3.8, 4) is 0 Å². The molecule has 0 atom stereocenters. The third-order valence-electron chi connectivity index (χ3n) is 5.35. The molecule has 0 unspecified atom stereocenters. The molecule has 2 amide bonds. The Kier molecular flexibility index (Phi) is 4.86. The second kappa shape index (κ2) is 7.31. The van der Waals surface area contributed by atoms with E-state index >= 15 is 0 Å². The summed E-state index contributed by atoms with van der Waals surface area (Å²) >= 11 is 1.52. The molecule has 0 saturated carbocycles. The number of carbonyl (C=O) groups is 2. The van der Waals surface area contributed by atoms with Crippen molar-refractivity contribution in [1.29, 1.82) is 0 Å². The molecule has 27 heavy (non-hydrogen) atoms. The van der Waals surface area contributed by atoms with E-state index in [1.54, 1.807) is 4.90 Å². The van der Waals surface area contributed by atoms with Crippen LogP contribution in [-0.2, 0) is 11.2 Å². The lowest BCUT2D eigenvalue weighted by Gasteiger charge is -2.37. The lowest BCUT2D eigenvalue weighted by atomic mass is 9.91. The van der Waals surface area contributed by atoms with Crippen LogP contribution < -0.4 is 0 Å². The van der Waals surface area contributed by atoms with Gasteiger partial charge in [-0.05, 0) is 12.5 Å². The molecule has 1 spiro atoms. The molecule has 2 aliphatic rings. The Hall–Kier alpha value is -2.41. The predicted molar refractivity (Wildman–Crippen MR) is 103 cm³/mol. The number of carbonyl (C=O) groups excluding carboxylic acids is 2. The van der Waals surface area contributed by atoms with Gasteiger partial charge in [-0.2, -0.15) is 0 Å². The van der Waals surface area contributed by atoms with Crippen LogP contribution in [0.4, 0.5) is 4.79 Å². The molecule has 6 nitrogen and oxygen atoms in total. The number of thiazole rings is 1. The Labute approximate surface area is 162 Å². The van der Waals surface area contributed by atoms with Gasteiger partial charge in [0.25, 0.3) is 5.91 Å². The molecule has 0 radical (unpaired) electrons. The molecular weight excluding hydrogens is 362 g/mol. The van der Waals surface area contributed by atoms with Gasteiger partial charge in [0.2, 0.25) is 0 Å². The second-order valence-electron chi connectivity index (χ2n) is 7.15. The lowest BCUT2D eigenvalue weighted by molar-refractivity contribution is 0.00299. The monoisotopic (exact) mass is 385 g/mol. The summed E-state index contributed by atoms with van der Waals surface area (Å²) in [6.07, 6.45) is 1.87. The molecule has 1 aromatic carbocycles. The van der Waals surface area contributed by atoms with E-state index in [1.807, 2.05) is 35.4 Å². The van der Waals surface area contributed by atoms with Crippen LogP contribution in [0, 0.1) is 0 Å². The van der Waals surface area contributed by atoms with E-state index in [-0.39, 0.29) is 12.0 Å². The number of hydrogen-bond acceptors (Lipinski definition) is 5. The first-order chi connectivity index (χ1) is 13.1. The molecule has 2 fully saturated rings. The highest BCUT2D eigenvalue weighted by molar-refractivity contribution is 7.09. The Bertz CT molecular complexity index is 828. The molecular formula is C20H23N3O3S. The van der Waals surface area contributed by atoms with E-state index in [9.17, 15) is 9.59 Å². The van der Waals surface area contributed by atoms with Gasteiger partial charge in [0.15, 0.2) is 0 Å². The van der Waals surface area contributed by atoms with E-state index in [4.69, 9.17) is 4.74 Å². The van der Waals surface area contributed by atoms with Crippen LogP contribution in [0.2, 0.25) is 0 Å². The van der Waals surface area contributed by atoms with Gasteiger partial charge < -0.3 is 14.5 Å². The van der Waals surface area contributed by atoms with E-state index in [2.05, 4.69) is 17.1 Å². The van der Waals surface area contributed by atoms with Crippen molar-refractivity contribution in [2.45, 2.75) is 31.8 Å². The number of likely N-dealkylation sites (tertiary alicyclic amines) is 1. The highest BCUT2D eigenvalue weighted by Crippen LogP contribution is 2.33. The van der Waals surface area contributed by atoms with Crippen molar-refractivity contribution < 1.29 is 14.3 Å². The molecule has 2 aliphatic heterocycles. The first kappa shape index (κ1) is 18.0. The topological polar surface area (TPSA) is 62.7 Å². The summed E-state index contributed by atoms with van der Waals surface area (Å²) in [6, 6.07) is 10.1. The van der Waals surface area contributed by atoms with E-state index in [0.29, 0.717) is 44.7 Å². The van der Waals surface area contributed by atoms with Gasteiger partial charge >= 0.3 is 6.09 Å². The van der Waals surface area contributed by atoms with Crippen molar-refractivity contribution in [2.24, 2.45) is 0 Å². The normalized spacial score (nSPS) is 18.8. The van der Waals surface area contributed by atoms with Gasteiger partial charge in [-0.1, -0.05) is 30.3 Å². The van der Waals surface area contributed by atoms with Gasteiger partial charge in [0.05, 0.1) is 11.6 Å². The molecule has 3 heterocycles. The zero-order valence-corrected chi connectivity index (χ0v) is 16.2. The van der Waals surface area contributed by atoms with Crippen LogP contribution in [-0.4, -0.2) is 58.6 Å². The minimum atomic E-state index is -0.426. The summed E-state index contributed by atoms with van der Waals surface area (Å²) in [6.45, 7) is 4.42. The van der Waals surface area contributed by atoms with Crippen molar-refractivity contribution in [2.75, 3.05) is 26.2 Å². The number of ether oxygens (including phenoxy) is 1. The third-order valence-corrected chi connectivity index (χ3v) is 6.20. The van der Waals surface area contributed by atoms with Crippen LogP contribution in [0.15, 0.2) is 35.7 Å². The van der Waals surface area contributed by atoms with Gasteiger partial charge in [-0.15, -0.1) is 11.3 Å². The van der Waals surface area contributed by atoms with Crippen LogP contribution >= 0.6 is 11.3 Å². The van der Waals surface area contributed by atoms with Crippen molar-refractivity contribution in [3.63, 3.8) is 0 Å². The second-order valence-corrected chi connectivity index (χ2v) is 8.09. The van der Waals surface area contributed by atoms with E-state index in [1.165, 1.54) is 16.9 Å². The summed E-state index contributed by atoms with van der Waals surface area (Å²) in [5.41, 5.74) is 1.28. The maximum absolute atomic E-state index is 12.8. The van der Waals surface area contributed by atoms with Crippen LogP contribution in [0.3, 0.4) is 0 Å². The van der Waals surface area contributed by atoms with Crippen LogP contribution in [0.25, 0.3) is 0 Å². The first-order valence-corrected chi connectivity index (χ1v) is 10.2. The zero-order valence-electron chi connectivity index (χ0n) is 15.4. The lowest BCUT2D eigenvalue weighted by Crippen LogP contribution is -2.48. The average Bonchev–Trinajstić information content (AvgIpc) is 3.27. The zero-order chi connectivity index (χ0) is 18.9. The van der Waals surface area contributed by atoms with Gasteiger partial charge in [0, 0.05) is 44.3 Å². The van der Waals surface area contributed by atoms with Gasteiger partial charge in [-0.25, -0.2) is 9.78 Å². The number of piperidine rings is 1. The maximum Gasteiger partial charge on any atom is 0.410 e. The predicted octanol–water partition coefficient (Wildman–Crippen LogP) is 3.18. The molecule has 0 bridgehead atoms. The summed E-state index contributed by atoms with van der Waals surface area (Å²) in [4.78, 5) is 32.8. The Morgan fingerprint density at radius 3 is 2.67 bits per heavy atom. The standard InChI is InChI=1S/C20H23N3O3S/c1-2-22-14-20(26-19(22)25)8-10-23(11-9-20)18(24)16-13-27-17(21-16)12-15-6-4-3-5-7-15/h3-7,13H,2,8-12,14H2,1H3. The quantitative estimate of drug-likeness (QED) is 0.811. The number of rotatable bonds is 4. The minimum Gasteiger partial charge on any atom is -0.441 e. The summed E-state index contributed by atoms with van der Waals surface area (Å²) in [5.74, 6) is -0.0305. The molecule has 4 rings (SSSR count). The van der Waals surface area contributed by atoms with Gasteiger partial charge in [-0.3, -0.25) is 4.79 Å². The van der Waals surface area contributed by atoms with E-state index < -0.39 is 5.60 Å². The molecule has 1 aromatic heterocycles. The van der Waals surface area contributed by atoms with Crippen molar-refractivity contribution in [3.05, 3.63) is 52.0 Å². The number of amides is 2. The summed E-state index contributed by atoms with van der Waals surface area (Å²) < 4.78 is 5.63. The fourth-order valence-corrected chi connectivity index (χ4v) is 4.54. The average molecular weight is 385 g/mol. The van der Waals surface area contributed by atoms with Crippen molar-refractivity contribution >= 4 is 23.3 Å². The Morgan fingerprint density at radius 1 is 1.26 bits per heavy atom. The molecule has 7 heteroatoms. The fourth-order valence-electron chi connectivity index (χ4n) is 3.74. The molecule has 0 N–H and O–H groups in total. The van der Waals surface area contributed by atoms with E-state index in [0.717, 1.165) is 11.4 Å². The highest BCUT2D eigenvalue weighted by Gasteiger charge is 2.47. The Balaban J connectivity index is 1.37. The molecule has 0 aliphatic carbocycles. The highest BCUT2D eigenvalue weighted by atomic mass is 32.1. The minimum absolute atomic E-state index is 0.0305. The third kappa shape index (κ3) is 3.69. The summed E-state index contributed by atoms with van der Waals surface area (Å²) in [7, 11) is 0. The fraction of sp³-hybridized carbons (Fsp3) is 0.450. The number of hydrogen-bond donors (Lipinski definition) is 0. The first-order valence-electron chi connectivity index (χ1n) is 9.34. The maximum atomic E-state index is 12.8. The number of nitrogens with zero attached hydrogens (tertiary/aromatic N) is 3. The number of benzene rings is 1. The van der Waals surface area contributed by atoms with Crippen LogP contribution in [0.5, 0.6) is 0 Å². The molecule has 2 aromatic rings. The Morgan fingerprint density at radius 2 is 2.00 bits per heavy atom. The summed E-state index contributed by atoms with van der Waals surface area (Å²) in [5, 5.41) is 2.79. The largest absolute Gasteiger partial charge is 0.441 e. The molecule has 142 valence electrons. The van der Waals surface area contributed by atoms with Crippen molar-refractivity contribution in [1.82, 2.24) is 14.8 Å². The van der Waals surface area contributed by atoms with Gasteiger partial charge in [0.1, 0.15) is 11.3 Å².